The molecule has 0 aromatic heterocycles. The van der Waals surface area contributed by atoms with Crippen LogP contribution in [0.1, 0.15) is 25.3 Å². The summed E-state index contributed by atoms with van der Waals surface area (Å²) in [4.78, 5) is 26.0. The summed E-state index contributed by atoms with van der Waals surface area (Å²) in [5, 5.41) is 0. The molecule has 0 saturated carbocycles. The van der Waals surface area contributed by atoms with E-state index in [1.165, 1.54) is 0 Å². The van der Waals surface area contributed by atoms with Crippen molar-refractivity contribution in [1.29, 1.82) is 0 Å². The zero-order valence-corrected chi connectivity index (χ0v) is 13.2. The minimum Gasteiger partial charge on any atom is -0.497 e. The van der Waals surface area contributed by atoms with Crippen LogP contribution in [0.15, 0.2) is 24.3 Å². The lowest BCUT2D eigenvalue weighted by Crippen LogP contribution is -2.43. The van der Waals surface area contributed by atoms with E-state index in [0.29, 0.717) is 26.1 Å². The Bertz CT molecular complexity index is 529. The smallest absolute Gasteiger partial charge is 0.310 e. The van der Waals surface area contributed by atoms with E-state index in [9.17, 15) is 9.59 Å². The molecule has 5 heteroatoms. The van der Waals surface area contributed by atoms with Gasteiger partial charge in [-0.3, -0.25) is 9.59 Å². The molecule has 1 unspecified atom stereocenters. The second-order valence-electron chi connectivity index (χ2n) is 5.46. The van der Waals surface area contributed by atoms with Crippen LogP contribution in [0.4, 0.5) is 0 Å². The molecule has 1 atom stereocenters. The summed E-state index contributed by atoms with van der Waals surface area (Å²) in [6.45, 7) is 3.35. The Labute approximate surface area is 131 Å². The molecule has 0 bridgehead atoms. The van der Waals surface area contributed by atoms with Crippen molar-refractivity contribution in [3.63, 3.8) is 0 Å². The van der Waals surface area contributed by atoms with E-state index in [2.05, 4.69) is 0 Å². The summed E-state index contributed by atoms with van der Waals surface area (Å²) < 4.78 is 10.2. The third-order valence-corrected chi connectivity index (χ3v) is 3.88. The van der Waals surface area contributed by atoms with Gasteiger partial charge < -0.3 is 14.4 Å². The molecule has 5 nitrogen and oxygen atoms in total. The summed E-state index contributed by atoms with van der Waals surface area (Å²) in [5.74, 6) is 0.403. The van der Waals surface area contributed by atoms with Gasteiger partial charge >= 0.3 is 5.97 Å². The van der Waals surface area contributed by atoms with Crippen molar-refractivity contribution in [1.82, 2.24) is 4.90 Å². The minimum absolute atomic E-state index is 0.0438. The predicted octanol–water partition coefficient (Wildman–Crippen LogP) is 2.04. The van der Waals surface area contributed by atoms with Crippen molar-refractivity contribution < 1.29 is 19.1 Å². The number of hydrogen-bond acceptors (Lipinski definition) is 4. The minimum atomic E-state index is -0.193. The lowest BCUT2D eigenvalue weighted by Gasteiger charge is -2.31. The highest BCUT2D eigenvalue weighted by Crippen LogP contribution is 2.20. The van der Waals surface area contributed by atoms with Gasteiger partial charge in [0.2, 0.25) is 5.91 Å². The van der Waals surface area contributed by atoms with Gasteiger partial charge in [0.25, 0.3) is 0 Å². The molecule has 1 aromatic rings. The highest BCUT2D eigenvalue weighted by Gasteiger charge is 2.29. The van der Waals surface area contributed by atoms with Gasteiger partial charge in [0.05, 0.1) is 26.1 Å². The van der Waals surface area contributed by atoms with Crippen molar-refractivity contribution in [3.05, 3.63) is 29.8 Å². The number of amides is 1. The molecule has 1 saturated heterocycles. The molecule has 1 amide bonds. The summed E-state index contributed by atoms with van der Waals surface area (Å²) in [5.41, 5.74) is 0.919. The lowest BCUT2D eigenvalue weighted by atomic mass is 9.97. The van der Waals surface area contributed by atoms with Gasteiger partial charge in [0.15, 0.2) is 0 Å². The van der Waals surface area contributed by atoms with Crippen LogP contribution >= 0.6 is 0 Å². The number of esters is 1. The summed E-state index contributed by atoms with van der Waals surface area (Å²) in [6.07, 6.45) is 1.96. The van der Waals surface area contributed by atoms with E-state index < -0.39 is 0 Å². The van der Waals surface area contributed by atoms with Crippen LogP contribution in [0, 0.1) is 5.92 Å². The molecule has 120 valence electrons. The first-order valence-corrected chi connectivity index (χ1v) is 7.71. The quantitative estimate of drug-likeness (QED) is 0.781. The topological polar surface area (TPSA) is 55.8 Å². The van der Waals surface area contributed by atoms with Crippen molar-refractivity contribution in [3.8, 4) is 5.75 Å². The van der Waals surface area contributed by atoms with E-state index in [1.54, 1.807) is 18.9 Å². The van der Waals surface area contributed by atoms with E-state index in [-0.39, 0.29) is 17.8 Å². The molecule has 1 aliphatic rings. The molecule has 22 heavy (non-hydrogen) atoms. The second kappa shape index (κ2) is 7.82. The SMILES string of the molecule is CCOC(=O)C1CCCN(C(=O)Cc2cccc(OC)c2)C1. The maximum atomic E-state index is 12.4. The summed E-state index contributed by atoms with van der Waals surface area (Å²) in [6, 6.07) is 7.50. The highest BCUT2D eigenvalue weighted by atomic mass is 16.5. The fourth-order valence-corrected chi connectivity index (χ4v) is 2.73. The molecule has 0 N–H and O–H groups in total. The fourth-order valence-electron chi connectivity index (χ4n) is 2.73. The highest BCUT2D eigenvalue weighted by molar-refractivity contribution is 5.80. The third-order valence-electron chi connectivity index (χ3n) is 3.88. The molecular weight excluding hydrogens is 282 g/mol. The Kier molecular flexibility index (Phi) is 5.81. The monoisotopic (exact) mass is 305 g/mol. The van der Waals surface area contributed by atoms with E-state index in [1.807, 2.05) is 24.3 Å². The van der Waals surface area contributed by atoms with E-state index in [4.69, 9.17) is 9.47 Å². The first-order chi connectivity index (χ1) is 10.6. The van der Waals surface area contributed by atoms with Gasteiger partial charge in [0.1, 0.15) is 5.75 Å². The molecular formula is C17H23NO4. The van der Waals surface area contributed by atoms with Crippen LogP contribution in [-0.2, 0) is 20.7 Å². The number of ether oxygens (including phenoxy) is 2. The molecule has 1 aromatic carbocycles. The number of carbonyl (C=O) groups excluding carboxylic acids is 2. The number of carbonyl (C=O) groups is 2. The van der Waals surface area contributed by atoms with Gasteiger partial charge in [-0.25, -0.2) is 0 Å². The molecule has 1 fully saturated rings. The molecule has 0 spiro atoms. The molecule has 1 aliphatic heterocycles. The molecule has 0 aliphatic carbocycles. The van der Waals surface area contributed by atoms with Gasteiger partial charge in [-0.05, 0) is 37.5 Å². The van der Waals surface area contributed by atoms with Crippen LogP contribution in [0.3, 0.4) is 0 Å². The number of methoxy groups -OCH3 is 1. The number of rotatable bonds is 5. The number of benzene rings is 1. The first kappa shape index (κ1) is 16.3. The lowest BCUT2D eigenvalue weighted by molar-refractivity contribution is -0.151. The Morgan fingerprint density at radius 2 is 2.18 bits per heavy atom. The van der Waals surface area contributed by atoms with Crippen LogP contribution in [0.25, 0.3) is 0 Å². The predicted molar refractivity (Wildman–Crippen MR) is 82.6 cm³/mol. The fraction of sp³-hybridized carbons (Fsp3) is 0.529. The summed E-state index contributed by atoms with van der Waals surface area (Å²) >= 11 is 0. The maximum Gasteiger partial charge on any atom is 0.310 e. The number of nitrogens with zero attached hydrogens (tertiary/aromatic N) is 1. The summed E-state index contributed by atoms with van der Waals surface area (Å²) in [7, 11) is 1.61. The van der Waals surface area contributed by atoms with E-state index in [0.717, 1.165) is 24.2 Å². The molecule has 2 rings (SSSR count). The van der Waals surface area contributed by atoms with Crippen LogP contribution < -0.4 is 4.74 Å². The second-order valence-corrected chi connectivity index (χ2v) is 5.46. The Morgan fingerprint density at radius 1 is 1.36 bits per heavy atom. The Balaban J connectivity index is 1.95. The van der Waals surface area contributed by atoms with Crippen molar-refractivity contribution in [2.75, 3.05) is 26.8 Å². The zero-order chi connectivity index (χ0) is 15.9. The van der Waals surface area contributed by atoms with Crippen molar-refractivity contribution >= 4 is 11.9 Å². The molecule has 0 radical (unpaired) electrons. The number of hydrogen-bond donors (Lipinski definition) is 0. The number of piperidine rings is 1. The molecule has 1 heterocycles. The van der Waals surface area contributed by atoms with Gasteiger partial charge in [-0.15, -0.1) is 0 Å². The van der Waals surface area contributed by atoms with Crippen molar-refractivity contribution in [2.45, 2.75) is 26.2 Å². The zero-order valence-electron chi connectivity index (χ0n) is 13.2. The van der Waals surface area contributed by atoms with Crippen LogP contribution in [-0.4, -0.2) is 43.6 Å². The Hall–Kier alpha value is -2.04. The average Bonchev–Trinajstić information content (AvgIpc) is 2.55. The average molecular weight is 305 g/mol. The van der Waals surface area contributed by atoms with Gasteiger partial charge in [-0.1, -0.05) is 12.1 Å². The number of likely N-dealkylation sites (tertiary alicyclic amines) is 1. The van der Waals surface area contributed by atoms with Crippen LogP contribution in [0.2, 0.25) is 0 Å². The van der Waals surface area contributed by atoms with Gasteiger partial charge in [-0.2, -0.15) is 0 Å². The van der Waals surface area contributed by atoms with Gasteiger partial charge in [0, 0.05) is 13.1 Å². The Morgan fingerprint density at radius 3 is 2.91 bits per heavy atom. The first-order valence-electron chi connectivity index (χ1n) is 7.71. The maximum absolute atomic E-state index is 12.4. The van der Waals surface area contributed by atoms with Crippen molar-refractivity contribution in [2.24, 2.45) is 5.92 Å². The largest absolute Gasteiger partial charge is 0.497 e. The van der Waals surface area contributed by atoms with E-state index >= 15 is 0 Å². The van der Waals surface area contributed by atoms with Crippen LogP contribution in [0.5, 0.6) is 5.75 Å². The third kappa shape index (κ3) is 4.23. The standard InChI is InChI=1S/C17H23NO4/c1-3-22-17(20)14-7-5-9-18(12-14)16(19)11-13-6-4-8-15(10-13)21-2/h4,6,8,10,14H,3,5,7,9,11-12H2,1-2H3. The normalized spacial score (nSPS) is 17.9.